The van der Waals surface area contributed by atoms with Crippen molar-refractivity contribution in [3.63, 3.8) is 0 Å². The second-order valence-corrected chi connectivity index (χ2v) is 8.22. The van der Waals surface area contributed by atoms with Crippen molar-refractivity contribution in [2.75, 3.05) is 27.2 Å². The minimum absolute atomic E-state index is 0.0284. The molecule has 0 aromatic carbocycles. The lowest BCUT2D eigenvalue weighted by Crippen LogP contribution is -2.56. The minimum Gasteiger partial charge on any atom is -0.335 e. The van der Waals surface area contributed by atoms with Crippen LogP contribution >= 0.6 is 0 Å². The molecule has 1 amide bonds. The Balaban J connectivity index is 1.87. The van der Waals surface area contributed by atoms with Crippen molar-refractivity contribution in [3.05, 3.63) is 23.8 Å². The van der Waals surface area contributed by atoms with Gasteiger partial charge < -0.3 is 4.90 Å². The third kappa shape index (κ3) is 3.94. The second kappa shape index (κ2) is 8.38. The molecule has 1 atom stereocenters. The fourth-order valence-corrected chi connectivity index (χ4v) is 3.84. The SMILES string of the molecule is CCn1ccc(C(=O)N2CCCC(c3nnnn3CCC(C)C)(N(C)C)C2)n1. The number of likely N-dealkylation sites (N-methyl/N-ethyl adjacent to an activating group) is 1. The Labute approximate surface area is 166 Å². The number of rotatable bonds is 7. The van der Waals surface area contributed by atoms with E-state index in [9.17, 15) is 4.79 Å². The number of aromatic nitrogens is 6. The third-order valence-electron chi connectivity index (χ3n) is 5.66. The Morgan fingerprint density at radius 1 is 1.36 bits per heavy atom. The number of carbonyl (C=O) groups is 1. The van der Waals surface area contributed by atoms with Gasteiger partial charge in [0, 0.05) is 32.4 Å². The summed E-state index contributed by atoms with van der Waals surface area (Å²) in [6.45, 7) is 9.21. The van der Waals surface area contributed by atoms with E-state index in [1.165, 1.54) is 0 Å². The molecule has 0 N–H and O–H groups in total. The predicted molar refractivity (Wildman–Crippen MR) is 106 cm³/mol. The fraction of sp³-hybridized carbons (Fsp3) is 0.737. The van der Waals surface area contributed by atoms with E-state index in [0.29, 0.717) is 18.2 Å². The van der Waals surface area contributed by atoms with E-state index >= 15 is 0 Å². The summed E-state index contributed by atoms with van der Waals surface area (Å²) in [5.74, 6) is 1.39. The number of tetrazole rings is 1. The van der Waals surface area contributed by atoms with E-state index in [0.717, 1.165) is 44.7 Å². The van der Waals surface area contributed by atoms with Gasteiger partial charge in [0.1, 0.15) is 11.2 Å². The molecular formula is C19H32N8O. The quantitative estimate of drug-likeness (QED) is 0.717. The van der Waals surface area contributed by atoms with Crippen LogP contribution in [-0.4, -0.2) is 72.9 Å². The first kappa shape index (κ1) is 20.4. The van der Waals surface area contributed by atoms with E-state index in [2.05, 4.69) is 39.4 Å². The van der Waals surface area contributed by atoms with Crippen molar-refractivity contribution in [2.45, 2.75) is 58.7 Å². The highest BCUT2D eigenvalue weighted by Crippen LogP contribution is 2.35. The zero-order valence-corrected chi connectivity index (χ0v) is 17.7. The number of hydrogen-bond donors (Lipinski definition) is 0. The summed E-state index contributed by atoms with van der Waals surface area (Å²) in [6.07, 6.45) is 4.67. The summed E-state index contributed by atoms with van der Waals surface area (Å²) in [4.78, 5) is 17.1. The van der Waals surface area contributed by atoms with Crippen LogP contribution in [0.4, 0.5) is 0 Å². The van der Waals surface area contributed by atoms with Crippen LogP contribution in [0.15, 0.2) is 12.3 Å². The second-order valence-electron chi connectivity index (χ2n) is 8.22. The van der Waals surface area contributed by atoms with Crippen LogP contribution in [0, 0.1) is 5.92 Å². The highest BCUT2D eigenvalue weighted by molar-refractivity contribution is 5.92. The largest absolute Gasteiger partial charge is 0.335 e. The van der Waals surface area contributed by atoms with E-state index in [1.807, 2.05) is 36.8 Å². The molecule has 0 saturated carbocycles. The van der Waals surface area contributed by atoms with E-state index in [1.54, 1.807) is 10.7 Å². The molecule has 28 heavy (non-hydrogen) atoms. The molecule has 1 saturated heterocycles. The van der Waals surface area contributed by atoms with Gasteiger partial charge in [-0.1, -0.05) is 13.8 Å². The van der Waals surface area contributed by atoms with Crippen LogP contribution in [-0.2, 0) is 18.6 Å². The lowest BCUT2D eigenvalue weighted by Gasteiger charge is -2.45. The molecule has 3 rings (SSSR count). The highest BCUT2D eigenvalue weighted by atomic mass is 16.2. The monoisotopic (exact) mass is 388 g/mol. The lowest BCUT2D eigenvalue weighted by atomic mass is 9.86. The van der Waals surface area contributed by atoms with Gasteiger partial charge in [-0.3, -0.25) is 14.4 Å². The molecule has 0 spiro atoms. The molecular weight excluding hydrogens is 356 g/mol. The van der Waals surface area contributed by atoms with Crippen molar-refractivity contribution in [1.82, 2.24) is 39.8 Å². The summed E-state index contributed by atoms with van der Waals surface area (Å²) in [7, 11) is 4.09. The Kier molecular flexibility index (Phi) is 6.12. The van der Waals surface area contributed by atoms with Crippen LogP contribution in [0.25, 0.3) is 0 Å². The van der Waals surface area contributed by atoms with Gasteiger partial charge in [-0.2, -0.15) is 5.10 Å². The maximum atomic E-state index is 13.1. The third-order valence-corrected chi connectivity index (χ3v) is 5.66. The van der Waals surface area contributed by atoms with Gasteiger partial charge in [0.25, 0.3) is 5.91 Å². The average molecular weight is 389 g/mol. The van der Waals surface area contributed by atoms with E-state index in [4.69, 9.17) is 0 Å². The molecule has 2 aromatic rings. The molecule has 1 aliphatic rings. The topological polar surface area (TPSA) is 85.0 Å². The van der Waals surface area contributed by atoms with Gasteiger partial charge in [-0.15, -0.1) is 5.10 Å². The number of likely N-dealkylation sites (tertiary alicyclic amines) is 1. The molecule has 0 bridgehead atoms. The van der Waals surface area contributed by atoms with Crippen LogP contribution in [0.3, 0.4) is 0 Å². The van der Waals surface area contributed by atoms with Gasteiger partial charge in [0.2, 0.25) is 0 Å². The molecule has 0 radical (unpaired) electrons. The lowest BCUT2D eigenvalue weighted by molar-refractivity contribution is 0.0252. The van der Waals surface area contributed by atoms with Crippen LogP contribution in [0.5, 0.6) is 0 Å². The van der Waals surface area contributed by atoms with E-state index < -0.39 is 5.54 Å². The van der Waals surface area contributed by atoms with Crippen molar-refractivity contribution >= 4 is 5.91 Å². The molecule has 9 heteroatoms. The molecule has 154 valence electrons. The Hall–Kier alpha value is -2.29. The maximum absolute atomic E-state index is 13.1. The van der Waals surface area contributed by atoms with Crippen molar-refractivity contribution in [2.24, 2.45) is 5.92 Å². The van der Waals surface area contributed by atoms with Crippen LogP contribution in [0.2, 0.25) is 0 Å². The molecule has 2 aromatic heterocycles. The number of amides is 1. The molecule has 9 nitrogen and oxygen atoms in total. The summed E-state index contributed by atoms with van der Waals surface area (Å²) < 4.78 is 3.70. The number of nitrogens with zero attached hydrogens (tertiary/aromatic N) is 8. The highest BCUT2D eigenvalue weighted by Gasteiger charge is 2.45. The zero-order chi connectivity index (χ0) is 20.3. The number of piperidine rings is 1. The normalized spacial score (nSPS) is 20.3. The maximum Gasteiger partial charge on any atom is 0.274 e. The number of carbonyl (C=O) groups excluding carboxylic acids is 1. The Morgan fingerprint density at radius 3 is 2.79 bits per heavy atom. The first-order valence-corrected chi connectivity index (χ1v) is 10.1. The van der Waals surface area contributed by atoms with Gasteiger partial charge >= 0.3 is 0 Å². The smallest absolute Gasteiger partial charge is 0.274 e. The summed E-state index contributed by atoms with van der Waals surface area (Å²) in [5, 5.41) is 17.0. The summed E-state index contributed by atoms with van der Waals surface area (Å²) in [5.41, 5.74) is 0.0950. The molecule has 1 aliphatic heterocycles. The Bertz CT molecular complexity index is 795. The van der Waals surface area contributed by atoms with Gasteiger partial charge in [-0.25, -0.2) is 4.68 Å². The number of hydrogen-bond acceptors (Lipinski definition) is 6. The average Bonchev–Trinajstić information content (AvgIpc) is 3.35. The summed E-state index contributed by atoms with van der Waals surface area (Å²) in [6, 6.07) is 1.80. The van der Waals surface area contributed by atoms with Gasteiger partial charge in [-0.05, 0) is 62.7 Å². The minimum atomic E-state index is -0.401. The van der Waals surface area contributed by atoms with Crippen LogP contribution < -0.4 is 0 Å². The van der Waals surface area contributed by atoms with Gasteiger partial charge in [0.05, 0.1) is 0 Å². The van der Waals surface area contributed by atoms with Crippen molar-refractivity contribution in [3.8, 4) is 0 Å². The molecule has 1 unspecified atom stereocenters. The molecule has 3 heterocycles. The summed E-state index contributed by atoms with van der Waals surface area (Å²) >= 11 is 0. The first-order valence-electron chi connectivity index (χ1n) is 10.1. The standard InChI is InChI=1S/C19H32N8O/c1-6-26-12-9-16(21-26)17(28)25-11-7-10-19(14-25,24(4)5)18-20-22-23-27(18)13-8-15(2)3/h9,12,15H,6-8,10-11,13-14H2,1-5H3. The van der Waals surface area contributed by atoms with Gasteiger partial charge in [0.15, 0.2) is 5.82 Å². The molecule has 0 aliphatic carbocycles. The fourth-order valence-electron chi connectivity index (χ4n) is 3.84. The first-order chi connectivity index (χ1) is 13.4. The Morgan fingerprint density at radius 2 is 2.14 bits per heavy atom. The predicted octanol–water partition coefficient (Wildman–Crippen LogP) is 1.63. The van der Waals surface area contributed by atoms with Crippen molar-refractivity contribution in [1.29, 1.82) is 0 Å². The van der Waals surface area contributed by atoms with E-state index in [-0.39, 0.29) is 5.91 Å². The number of aryl methyl sites for hydroxylation is 2. The zero-order valence-electron chi connectivity index (χ0n) is 17.7. The van der Waals surface area contributed by atoms with Crippen molar-refractivity contribution < 1.29 is 4.79 Å². The molecule has 1 fully saturated rings. The van der Waals surface area contributed by atoms with Crippen LogP contribution in [0.1, 0.15) is 56.3 Å².